The summed E-state index contributed by atoms with van der Waals surface area (Å²) in [5, 5.41) is 5.59. The normalized spacial score (nSPS) is 17.0. The smallest absolute Gasteiger partial charge is 0.299 e. The van der Waals surface area contributed by atoms with Gasteiger partial charge in [0.1, 0.15) is 0 Å². The van der Waals surface area contributed by atoms with Crippen molar-refractivity contribution in [3.63, 3.8) is 0 Å². The third-order valence-corrected chi connectivity index (χ3v) is 1.31. The second-order valence-corrected chi connectivity index (χ2v) is 2.31. The SMILES string of the molecule is S=C1NC=[C+]S1. The third-order valence-electron chi connectivity index (χ3n) is 0.401. The van der Waals surface area contributed by atoms with E-state index in [9.17, 15) is 0 Å². The van der Waals surface area contributed by atoms with Crippen LogP contribution in [0.25, 0.3) is 0 Å². The molecule has 1 nitrogen and oxygen atoms in total. The van der Waals surface area contributed by atoms with Crippen molar-refractivity contribution in [1.82, 2.24) is 5.32 Å². The Balaban J connectivity index is 2.52. The van der Waals surface area contributed by atoms with E-state index in [2.05, 4.69) is 22.9 Å². The lowest BCUT2D eigenvalue weighted by Gasteiger charge is -1.72. The van der Waals surface area contributed by atoms with Gasteiger partial charge in [0.25, 0.3) is 6.20 Å². The first-order valence-corrected chi connectivity index (χ1v) is 2.66. The molecule has 0 saturated heterocycles. The van der Waals surface area contributed by atoms with Crippen molar-refractivity contribution in [3.8, 4) is 0 Å². The minimum atomic E-state index is 0.787. The van der Waals surface area contributed by atoms with E-state index < -0.39 is 0 Å². The molecular weight excluding hydrogens is 114 g/mol. The van der Waals surface area contributed by atoms with Gasteiger partial charge in [-0.1, -0.05) is 0 Å². The molecule has 0 aromatic rings. The molecule has 1 heterocycles. The first-order valence-electron chi connectivity index (χ1n) is 1.44. The Morgan fingerprint density at radius 1 is 2.00 bits per heavy atom. The summed E-state index contributed by atoms with van der Waals surface area (Å²) in [7, 11) is 0. The lowest BCUT2D eigenvalue weighted by Crippen LogP contribution is -2.02. The van der Waals surface area contributed by atoms with Crippen LogP contribution in [0.15, 0.2) is 6.20 Å². The van der Waals surface area contributed by atoms with Gasteiger partial charge >= 0.3 is 5.41 Å². The maximum Gasteiger partial charge on any atom is 0.335 e. The van der Waals surface area contributed by atoms with E-state index in [1.807, 2.05) is 0 Å². The average Bonchev–Trinajstić information content (AvgIpc) is 1.86. The zero-order chi connectivity index (χ0) is 4.41. The fraction of sp³-hybridized carbons (Fsp3) is 0. The molecule has 0 unspecified atom stereocenters. The quantitative estimate of drug-likeness (QED) is 0.373. The summed E-state index contributed by atoms with van der Waals surface area (Å²) in [5.41, 5.74) is 0. The Labute approximate surface area is 45.8 Å². The predicted molar refractivity (Wildman–Crippen MR) is 31.1 cm³/mol. The maximum atomic E-state index is 4.68. The Morgan fingerprint density at radius 3 is 3.00 bits per heavy atom. The van der Waals surface area contributed by atoms with Gasteiger partial charge in [-0.05, 0) is 12.2 Å². The van der Waals surface area contributed by atoms with Crippen molar-refractivity contribution in [3.05, 3.63) is 11.6 Å². The third kappa shape index (κ3) is 0.684. The Bertz CT molecular complexity index is 87.0. The van der Waals surface area contributed by atoms with Gasteiger partial charge in [0.2, 0.25) is 11.8 Å². The molecule has 0 fully saturated rings. The van der Waals surface area contributed by atoms with Gasteiger partial charge in [0, 0.05) is 0 Å². The highest BCUT2D eigenvalue weighted by atomic mass is 32.2. The highest BCUT2D eigenvalue weighted by Crippen LogP contribution is 2.06. The largest absolute Gasteiger partial charge is 0.335 e. The number of hydrogen-bond acceptors (Lipinski definition) is 2. The summed E-state index contributed by atoms with van der Waals surface area (Å²) < 4.78 is 0.787. The average molecular weight is 116 g/mol. The number of thiocarbonyl (C=S) groups is 1. The summed E-state index contributed by atoms with van der Waals surface area (Å²) in [4.78, 5) is 0. The van der Waals surface area contributed by atoms with Crippen molar-refractivity contribution in [1.29, 1.82) is 0 Å². The molecule has 0 atom stereocenters. The van der Waals surface area contributed by atoms with Crippen LogP contribution in [0.3, 0.4) is 0 Å². The standard InChI is InChI=1S/C3HNS2/c5-3-4-1-2-6-3/h1H/p+1. The van der Waals surface area contributed by atoms with Crippen LogP contribution >= 0.6 is 24.0 Å². The van der Waals surface area contributed by atoms with E-state index in [-0.39, 0.29) is 0 Å². The topological polar surface area (TPSA) is 12.0 Å². The molecule has 0 bridgehead atoms. The number of hydrogen-bond donors (Lipinski definition) is 1. The van der Waals surface area contributed by atoms with Crippen LogP contribution in [0.5, 0.6) is 0 Å². The molecule has 1 N–H and O–H groups in total. The van der Waals surface area contributed by atoms with E-state index in [1.54, 1.807) is 6.20 Å². The number of nitrogens with one attached hydrogen (secondary N) is 1. The molecule has 1 rings (SSSR count). The summed E-state index contributed by atoms with van der Waals surface area (Å²) >= 11 is 6.09. The van der Waals surface area contributed by atoms with Gasteiger partial charge in [-0.15, -0.1) is 0 Å². The zero-order valence-electron chi connectivity index (χ0n) is 2.89. The molecule has 0 radical (unpaired) electrons. The molecule has 0 aromatic heterocycles. The summed E-state index contributed by atoms with van der Waals surface area (Å²) in [5.74, 6) is 0. The van der Waals surface area contributed by atoms with Crippen LogP contribution in [-0.4, -0.2) is 4.32 Å². The molecule has 0 spiro atoms. The van der Waals surface area contributed by atoms with Gasteiger partial charge in [-0.25, -0.2) is 0 Å². The first kappa shape index (κ1) is 4.06. The second-order valence-electron chi connectivity index (χ2n) is 0.796. The van der Waals surface area contributed by atoms with Gasteiger partial charge in [0.05, 0.1) is 0 Å². The molecule has 30 valence electrons. The number of rotatable bonds is 0. The molecule has 6 heavy (non-hydrogen) atoms. The molecular formula is C3H2NS2+. The van der Waals surface area contributed by atoms with Gasteiger partial charge in [0.15, 0.2) is 4.32 Å². The van der Waals surface area contributed by atoms with Gasteiger partial charge in [-0.2, -0.15) is 0 Å². The molecule has 0 aliphatic carbocycles. The van der Waals surface area contributed by atoms with E-state index in [0.29, 0.717) is 0 Å². The van der Waals surface area contributed by atoms with Crippen molar-refractivity contribution in [2.24, 2.45) is 0 Å². The van der Waals surface area contributed by atoms with Crippen LogP contribution in [0.2, 0.25) is 0 Å². The molecule has 3 heteroatoms. The zero-order valence-corrected chi connectivity index (χ0v) is 4.53. The van der Waals surface area contributed by atoms with Crippen LogP contribution in [0, 0.1) is 5.41 Å². The maximum absolute atomic E-state index is 4.68. The first-order chi connectivity index (χ1) is 2.89. The van der Waals surface area contributed by atoms with Gasteiger partial charge in [-0.3, -0.25) is 5.32 Å². The van der Waals surface area contributed by atoms with E-state index in [0.717, 1.165) is 4.32 Å². The monoisotopic (exact) mass is 116 g/mol. The summed E-state index contributed by atoms with van der Waals surface area (Å²) in [6, 6.07) is 0. The Morgan fingerprint density at radius 2 is 2.83 bits per heavy atom. The molecule has 1 aliphatic rings. The van der Waals surface area contributed by atoms with Gasteiger partial charge < -0.3 is 0 Å². The van der Waals surface area contributed by atoms with Crippen molar-refractivity contribution < 1.29 is 0 Å². The fourth-order valence-electron chi connectivity index (χ4n) is 0.201. The van der Waals surface area contributed by atoms with E-state index in [1.165, 1.54) is 11.8 Å². The summed E-state index contributed by atoms with van der Waals surface area (Å²) in [6.07, 6.45) is 1.70. The lowest BCUT2D eigenvalue weighted by molar-refractivity contribution is 1.36. The molecule has 0 aromatic carbocycles. The minimum absolute atomic E-state index is 0.787. The predicted octanol–water partition coefficient (Wildman–Crippen LogP) is 0.882. The Kier molecular flexibility index (Phi) is 1.05. The lowest BCUT2D eigenvalue weighted by atomic mass is 11.0. The minimum Gasteiger partial charge on any atom is -0.299 e. The van der Waals surface area contributed by atoms with Crippen LogP contribution in [0.1, 0.15) is 0 Å². The van der Waals surface area contributed by atoms with Crippen molar-refractivity contribution >= 4 is 28.3 Å². The highest BCUT2D eigenvalue weighted by molar-refractivity contribution is 8.24. The molecule has 0 amide bonds. The van der Waals surface area contributed by atoms with Crippen LogP contribution in [-0.2, 0) is 0 Å². The second kappa shape index (κ2) is 1.56. The van der Waals surface area contributed by atoms with Crippen LogP contribution < -0.4 is 5.32 Å². The van der Waals surface area contributed by atoms with E-state index in [4.69, 9.17) is 0 Å². The van der Waals surface area contributed by atoms with E-state index >= 15 is 0 Å². The van der Waals surface area contributed by atoms with Crippen LogP contribution in [0.4, 0.5) is 0 Å². The van der Waals surface area contributed by atoms with Crippen molar-refractivity contribution in [2.75, 3.05) is 0 Å². The molecule has 0 saturated carbocycles. The summed E-state index contributed by atoms with van der Waals surface area (Å²) in [6.45, 7) is 0. The Hall–Kier alpha value is -0.110. The number of thioether (sulfide) groups is 1. The fourth-order valence-corrected chi connectivity index (χ4v) is 0.747. The van der Waals surface area contributed by atoms with Crippen molar-refractivity contribution in [2.45, 2.75) is 0 Å². The highest BCUT2D eigenvalue weighted by Gasteiger charge is 2.11. The molecule has 1 aliphatic heterocycles.